The second-order valence-electron chi connectivity index (χ2n) is 13.5. The first kappa shape index (κ1) is 30.7. The lowest BCUT2D eigenvalue weighted by Crippen LogP contribution is -2.48. The number of benzene rings is 2. The summed E-state index contributed by atoms with van der Waals surface area (Å²) in [5.74, 6) is 1.01. The summed E-state index contributed by atoms with van der Waals surface area (Å²) in [6.45, 7) is 3.77. The summed E-state index contributed by atoms with van der Waals surface area (Å²) in [5.41, 5.74) is 7.41. The van der Waals surface area contributed by atoms with Crippen molar-refractivity contribution in [1.82, 2.24) is 24.8 Å². The Hall–Kier alpha value is -4.61. The van der Waals surface area contributed by atoms with Crippen LogP contribution in [0.1, 0.15) is 36.8 Å². The molecule has 0 saturated carbocycles. The average Bonchev–Trinajstić information content (AvgIpc) is 3.59. The van der Waals surface area contributed by atoms with Gasteiger partial charge in [0.15, 0.2) is 0 Å². The predicted molar refractivity (Wildman–Crippen MR) is 189 cm³/mol. The first-order valence-corrected chi connectivity index (χ1v) is 18.6. The molecule has 48 heavy (non-hydrogen) atoms. The van der Waals surface area contributed by atoms with Crippen LogP contribution in [0.2, 0.25) is 0 Å². The van der Waals surface area contributed by atoms with Crippen molar-refractivity contribution in [1.29, 1.82) is 0 Å². The lowest BCUT2D eigenvalue weighted by molar-refractivity contribution is -0.123. The molecule has 1 spiro atoms. The fourth-order valence-corrected chi connectivity index (χ4v) is 9.18. The zero-order valence-corrected chi connectivity index (χ0v) is 28.1. The lowest BCUT2D eigenvalue weighted by atomic mass is 9.72. The normalized spacial score (nSPS) is 18.6. The van der Waals surface area contributed by atoms with Gasteiger partial charge < -0.3 is 14.8 Å². The van der Waals surface area contributed by atoms with Crippen LogP contribution in [0, 0.1) is 0 Å². The molecule has 246 valence electrons. The van der Waals surface area contributed by atoms with Gasteiger partial charge in [0.25, 0.3) is 0 Å². The third kappa shape index (κ3) is 5.16. The molecule has 0 unspecified atom stereocenters. The molecular formula is C37H39N7O3S. The smallest absolute Gasteiger partial charge is 0.237 e. The van der Waals surface area contributed by atoms with E-state index in [0.29, 0.717) is 38.8 Å². The Balaban J connectivity index is 1.17. The molecule has 0 atom stereocenters. The number of piperidine rings is 2. The number of likely N-dealkylation sites (N-methyl/N-ethyl adjacent to an activating group) is 1. The molecule has 0 bridgehead atoms. The van der Waals surface area contributed by atoms with E-state index < -0.39 is 15.3 Å². The van der Waals surface area contributed by atoms with Crippen LogP contribution in [0.25, 0.3) is 33.4 Å². The number of hydrogen-bond acceptors (Lipinski definition) is 8. The van der Waals surface area contributed by atoms with Crippen LogP contribution in [-0.2, 0) is 26.6 Å². The number of aromatic amines is 1. The molecule has 1 amide bonds. The zero-order chi connectivity index (χ0) is 33.0. The van der Waals surface area contributed by atoms with Gasteiger partial charge in [-0.25, -0.2) is 23.4 Å². The number of aromatic nitrogens is 4. The van der Waals surface area contributed by atoms with Crippen LogP contribution in [0.15, 0.2) is 79.4 Å². The van der Waals surface area contributed by atoms with Gasteiger partial charge in [0.2, 0.25) is 5.91 Å². The summed E-state index contributed by atoms with van der Waals surface area (Å²) in [4.78, 5) is 37.7. The monoisotopic (exact) mass is 661 g/mol. The van der Waals surface area contributed by atoms with Gasteiger partial charge in [-0.15, -0.1) is 0 Å². The molecule has 1 N–H and O–H groups in total. The SMILES string of the molecule is CN1C(=O)C2(CCN(c3ccncn3)CC2)c2c1cnc1[nH]c(-c3ccc(CN4CCC(S(C)(=O)=O)CC4)cc3)c(-c3ccccc3)c21. The Morgan fingerprint density at radius 1 is 0.917 bits per heavy atom. The third-order valence-corrected chi connectivity index (χ3v) is 12.4. The minimum atomic E-state index is -2.99. The molecule has 2 fully saturated rings. The number of hydrogen-bond donors (Lipinski definition) is 1. The maximum Gasteiger partial charge on any atom is 0.237 e. The Morgan fingerprint density at radius 3 is 2.31 bits per heavy atom. The summed E-state index contributed by atoms with van der Waals surface area (Å²) >= 11 is 0. The molecular weight excluding hydrogens is 623 g/mol. The van der Waals surface area contributed by atoms with Crippen molar-refractivity contribution in [2.75, 3.05) is 49.3 Å². The Labute approximate surface area is 280 Å². The summed E-state index contributed by atoms with van der Waals surface area (Å²) in [5, 5.41) is 0.782. The highest BCUT2D eigenvalue weighted by molar-refractivity contribution is 7.91. The van der Waals surface area contributed by atoms with Crippen LogP contribution in [0.4, 0.5) is 11.5 Å². The second-order valence-corrected chi connectivity index (χ2v) is 15.8. The highest BCUT2D eigenvalue weighted by Crippen LogP contribution is 2.53. The number of amides is 1. The maximum absolute atomic E-state index is 14.2. The van der Waals surface area contributed by atoms with Gasteiger partial charge in [-0.1, -0.05) is 54.6 Å². The fourth-order valence-electron chi connectivity index (χ4n) is 8.11. The van der Waals surface area contributed by atoms with Gasteiger partial charge in [0, 0.05) is 55.6 Å². The van der Waals surface area contributed by atoms with Crippen molar-refractivity contribution in [2.45, 2.75) is 42.9 Å². The molecule has 2 aromatic carbocycles. The number of nitrogens with zero attached hydrogens (tertiary/aromatic N) is 6. The minimum Gasteiger partial charge on any atom is -0.356 e. The molecule has 3 aliphatic heterocycles. The van der Waals surface area contributed by atoms with Gasteiger partial charge in [-0.05, 0) is 61.5 Å². The van der Waals surface area contributed by atoms with Crippen LogP contribution < -0.4 is 9.80 Å². The van der Waals surface area contributed by atoms with Crippen molar-refractivity contribution in [3.63, 3.8) is 0 Å². The minimum absolute atomic E-state index is 0.126. The first-order valence-electron chi connectivity index (χ1n) is 16.6. The van der Waals surface area contributed by atoms with Crippen molar-refractivity contribution < 1.29 is 13.2 Å². The number of anilines is 2. The topological polar surface area (TPSA) is 115 Å². The fraction of sp³-hybridized carbons (Fsp3) is 0.351. The quantitative estimate of drug-likeness (QED) is 0.264. The number of rotatable bonds is 6. The van der Waals surface area contributed by atoms with Crippen LogP contribution in [-0.4, -0.2) is 83.9 Å². The molecule has 6 heterocycles. The molecule has 2 saturated heterocycles. The standard InChI is InChI=1S/C37H39N7O3S/c1-42-29-22-39-35-32(33(29)37(36(42)45)15-20-44(21-16-37)30-12-17-38-24-40-30)31(26-6-4-3-5-7-26)34(41-35)27-10-8-25(9-11-27)23-43-18-13-28(14-19-43)48(2,46)47/h3-12,17,22,24,28H,13-16,18-21,23H2,1-2H3,(H,39,41). The average molecular weight is 662 g/mol. The first-order chi connectivity index (χ1) is 23.2. The highest BCUT2D eigenvalue weighted by Gasteiger charge is 2.53. The number of carbonyl (C=O) groups excluding carboxylic acids is 1. The molecule has 3 aromatic heterocycles. The zero-order valence-electron chi connectivity index (χ0n) is 27.3. The van der Waals surface area contributed by atoms with Gasteiger partial charge in [0.1, 0.15) is 27.6 Å². The molecule has 0 radical (unpaired) electrons. The number of H-pyrrole nitrogens is 1. The van der Waals surface area contributed by atoms with E-state index >= 15 is 0 Å². The summed E-state index contributed by atoms with van der Waals surface area (Å²) in [6.07, 6.45) is 9.26. The molecule has 8 rings (SSSR count). The Morgan fingerprint density at radius 2 is 1.65 bits per heavy atom. The van der Waals surface area contributed by atoms with E-state index in [1.54, 1.807) is 17.4 Å². The van der Waals surface area contributed by atoms with Gasteiger partial charge in [-0.2, -0.15) is 0 Å². The van der Waals surface area contributed by atoms with Crippen LogP contribution >= 0.6 is 0 Å². The molecule has 5 aromatic rings. The van der Waals surface area contributed by atoms with Crippen molar-refractivity contribution in [2.24, 2.45) is 0 Å². The number of sulfone groups is 1. The number of pyridine rings is 1. The van der Waals surface area contributed by atoms with Crippen molar-refractivity contribution >= 4 is 38.3 Å². The highest BCUT2D eigenvalue weighted by atomic mass is 32.2. The van der Waals surface area contributed by atoms with E-state index in [2.05, 4.69) is 73.3 Å². The molecule has 0 aliphatic carbocycles. The summed E-state index contributed by atoms with van der Waals surface area (Å²) in [7, 11) is -1.12. The summed E-state index contributed by atoms with van der Waals surface area (Å²) < 4.78 is 24.0. The maximum atomic E-state index is 14.2. The van der Waals surface area contributed by atoms with Crippen molar-refractivity contribution in [3.8, 4) is 22.4 Å². The van der Waals surface area contributed by atoms with E-state index in [0.717, 1.165) is 70.1 Å². The number of carbonyl (C=O) groups is 1. The molecule has 3 aliphatic rings. The van der Waals surface area contributed by atoms with E-state index in [1.165, 1.54) is 11.8 Å². The van der Waals surface area contributed by atoms with Crippen LogP contribution in [0.5, 0.6) is 0 Å². The van der Waals surface area contributed by atoms with Crippen molar-refractivity contribution in [3.05, 3.63) is 90.5 Å². The number of likely N-dealkylation sites (tertiary alicyclic amines) is 1. The number of nitrogens with one attached hydrogen (secondary N) is 1. The summed E-state index contributed by atoms with van der Waals surface area (Å²) in [6, 6.07) is 21.0. The third-order valence-electron chi connectivity index (χ3n) is 10.7. The van der Waals surface area contributed by atoms with Gasteiger partial charge >= 0.3 is 0 Å². The number of fused-ring (bicyclic) bond motifs is 4. The van der Waals surface area contributed by atoms with Crippen LogP contribution in [0.3, 0.4) is 0 Å². The predicted octanol–water partition coefficient (Wildman–Crippen LogP) is 5.21. The Bertz CT molecular complexity index is 2080. The van der Waals surface area contributed by atoms with E-state index in [4.69, 9.17) is 4.98 Å². The van der Waals surface area contributed by atoms with E-state index in [9.17, 15) is 13.2 Å². The van der Waals surface area contributed by atoms with E-state index in [-0.39, 0.29) is 11.2 Å². The van der Waals surface area contributed by atoms with Gasteiger partial charge in [-0.3, -0.25) is 9.69 Å². The second kappa shape index (κ2) is 11.8. The molecule has 11 heteroatoms. The lowest BCUT2D eigenvalue weighted by Gasteiger charge is -2.39. The Kier molecular flexibility index (Phi) is 7.56. The van der Waals surface area contributed by atoms with Gasteiger partial charge in [0.05, 0.1) is 28.2 Å². The molecule has 10 nitrogen and oxygen atoms in total. The van der Waals surface area contributed by atoms with E-state index in [1.807, 2.05) is 25.4 Å². The largest absolute Gasteiger partial charge is 0.356 e.